The van der Waals surface area contributed by atoms with E-state index in [2.05, 4.69) is 17.4 Å². The Morgan fingerprint density at radius 3 is 2.28 bits per heavy atom. The van der Waals surface area contributed by atoms with Crippen molar-refractivity contribution >= 4 is 18.0 Å². The molecule has 1 unspecified atom stereocenters. The van der Waals surface area contributed by atoms with Crippen LogP contribution in [-0.2, 0) is 19.1 Å². The molecule has 1 saturated heterocycles. The summed E-state index contributed by atoms with van der Waals surface area (Å²) in [5, 5.41) is 12.0. The monoisotopic (exact) mass is 438 g/mol. The zero-order chi connectivity index (χ0) is 22.7. The number of amides is 2. The number of nitrogens with zero attached hydrogens (tertiary/aromatic N) is 1. The number of hydrogen-bond acceptors (Lipinski definition) is 5. The van der Waals surface area contributed by atoms with Gasteiger partial charge in [0.1, 0.15) is 6.61 Å². The summed E-state index contributed by atoms with van der Waals surface area (Å²) in [4.78, 5) is 37.5. The molecule has 0 saturated carbocycles. The molecule has 2 aromatic rings. The second-order valence-corrected chi connectivity index (χ2v) is 8.07. The van der Waals surface area contributed by atoms with Gasteiger partial charge in [-0.1, -0.05) is 48.5 Å². The number of methoxy groups -OCH3 is 1. The maximum Gasteiger partial charge on any atom is 0.407 e. The third-order valence-corrected chi connectivity index (χ3v) is 6.32. The number of fused-ring (bicyclic) bond motifs is 3. The summed E-state index contributed by atoms with van der Waals surface area (Å²) in [5.41, 5.74) is 3.22. The predicted octanol–water partition coefficient (Wildman–Crippen LogP) is 2.62. The van der Waals surface area contributed by atoms with Gasteiger partial charge >= 0.3 is 12.1 Å². The topological polar surface area (TPSA) is 105 Å². The van der Waals surface area contributed by atoms with Crippen molar-refractivity contribution in [3.63, 3.8) is 0 Å². The molecule has 2 N–H and O–H groups in total. The standard InChI is InChI=1S/C24H26N2O6/c1-31-24(22(28)29)11-13-26(15-24)21(27)10-12-25-23(30)32-14-20-18-8-4-2-6-16(18)17-7-3-5-9-19(17)20/h2-9,20H,10-15H2,1H3,(H,25,30)(H,28,29). The number of hydrogen-bond donors (Lipinski definition) is 2. The largest absolute Gasteiger partial charge is 0.479 e. The van der Waals surface area contributed by atoms with Gasteiger partial charge in [-0.2, -0.15) is 0 Å². The number of rotatable bonds is 7. The van der Waals surface area contributed by atoms with Crippen molar-refractivity contribution < 1.29 is 29.0 Å². The molecule has 2 amide bonds. The first-order valence-electron chi connectivity index (χ1n) is 10.6. The molecule has 2 aromatic carbocycles. The molecule has 1 fully saturated rings. The van der Waals surface area contributed by atoms with Crippen LogP contribution < -0.4 is 5.32 Å². The Kier molecular flexibility index (Phi) is 6.14. The summed E-state index contributed by atoms with van der Waals surface area (Å²) in [6.45, 7) is 0.625. The molecule has 8 heteroatoms. The van der Waals surface area contributed by atoms with Crippen molar-refractivity contribution in [1.29, 1.82) is 0 Å². The van der Waals surface area contributed by atoms with E-state index in [0.29, 0.717) is 6.54 Å². The number of benzene rings is 2. The minimum Gasteiger partial charge on any atom is -0.479 e. The van der Waals surface area contributed by atoms with Gasteiger partial charge in [0.15, 0.2) is 5.60 Å². The summed E-state index contributed by atoms with van der Waals surface area (Å²) in [7, 11) is 1.33. The molecule has 168 valence electrons. The highest BCUT2D eigenvalue weighted by molar-refractivity contribution is 5.83. The van der Waals surface area contributed by atoms with Gasteiger partial charge in [0.25, 0.3) is 0 Å². The summed E-state index contributed by atoms with van der Waals surface area (Å²) < 4.78 is 10.6. The normalized spacial score (nSPS) is 19.3. The van der Waals surface area contributed by atoms with Crippen LogP contribution >= 0.6 is 0 Å². The van der Waals surface area contributed by atoms with Gasteiger partial charge in [0, 0.05) is 39.0 Å². The molecular formula is C24H26N2O6. The molecule has 0 bridgehead atoms. The molecule has 1 aliphatic carbocycles. The van der Waals surface area contributed by atoms with E-state index in [9.17, 15) is 19.5 Å². The predicted molar refractivity (Wildman–Crippen MR) is 116 cm³/mol. The molecule has 1 atom stereocenters. The number of ether oxygens (including phenoxy) is 2. The van der Waals surface area contributed by atoms with E-state index in [1.165, 1.54) is 12.0 Å². The van der Waals surface area contributed by atoms with Crippen LogP contribution in [0, 0.1) is 0 Å². The number of aliphatic carboxylic acids is 1. The van der Waals surface area contributed by atoms with Crippen LogP contribution in [0.5, 0.6) is 0 Å². The first-order valence-corrected chi connectivity index (χ1v) is 10.6. The van der Waals surface area contributed by atoms with Crippen LogP contribution in [0.2, 0.25) is 0 Å². The van der Waals surface area contributed by atoms with Gasteiger partial charge < -0.3 is 24.8 Å². The Labute approximate surface area is 186 Å². The van der Waals surface area contributed by atoms with E-state index in [0.717, 1.165) is 22.3 Å². The van der Waals surface area contributed by atoms with Crippen LogP contribution in [-0.4, -0.2) is 66.9 Å². The Hall–Kier alpha value is -3.39. The lowest BCUT2D eigenvalue weighted by molar-refractivity contribution is -0.160. The molecule has 1 heterocycles. The van der Waals surface area contributed by atoms with Crippen molar-refractivity contribution in [2.45, 2.75) is 24.4 Å². The smallest absolute Gasteiger partial charge is 0.407 e. The van der Waals surface area contributed by atoms with Gasteiger partial charge in [-0.15, -0.1) is 0 Å². The Morgan fingerprint density at radius 1 is 1.09 bits per heavy atom. The van der Waals surface area contributed by atoms with Gasteiger partial charge in [0.05, 0.1) is 6.54 Å². The van der Waals surface area contributed by atoms with Gasteiger partial charge in [-0.3, -0.25) is 4.79 Å². The van der Waals surface area contributed by atoms with Gasteiger partial charge in [-0.05, 0) is 22.3 Å². The molecule has 2 aliphatic rings. The number of likely N-dealkylation sites (tertiary alicyclic amines) is 1. The third-order valence-electron chi connectivity index (χ3n) is 6.32. The van der Waals surface area contributed by atoms with Gasteiger partial charge in [0.2, 0.25) is 5.91 Å². The number of carbonyl (C=O) groups excluding carboxylic acids is 2. The molecule has 4 rings (SSSR count). The number of alkyl carbamates (subject to hydrolysis) is 1. The molecule has 32 heavy (non-hydrogen) atoms. The first kappa shape index (κ1) is 21.8. The van der Waals surface area contributed by atoms with E-state index in [1.807, 2.05) is 36.4 Å². The minimum absolute atomic E-state index is 0.00259. The van der Waals surface area contributed by atoms with E-state index >= 15 is 0 Å². The van der Waals surface area contributed by atoms with Crippen LogP contribution in [0.4, 0.5) is 4.79 Å². The Bertz CT molecular complexity index is 993. The van der Waals surface area contributed by atoms with Crippen molar-refractivity contribution in [3.8, 4) is 11.1 Å². The van der Waals surface area contributed by atoms with E-state index in [1.54, 1.807) is 0 Å². The first-order chi connectivity index (χ1) is 15.4. The molecule has 1 aliphatic heterocycles. The zero-order valence-electron chi connectivity index (χ0n) is 17.9. The summed E-state index contributed by atoms with van der Waals surface area (Å²) in [6.07, 6.45) is -0.286. The summed E-state index contributed by atoms with van der Waals surface area (Å²) in [5.74, 6) is -1.34. The second kappa shape index (κ2) is 9.00. The van der Waals surface area contributed by atoms with Crippen LogP contribution in [0.3, 0.4) is 0 Å². The van der Waals surface area contributed by atoms with Crippen LogP contribution in [0.15, 0.2) is 48.5 Å². The Morgan fingerprint density at radius 2 is 1.72 bits per heavy atom. The van der Waals surface area contributed by atoms with E-state index in [-0.39, 0.29) is 44.4 Å². The number of carboxylic acid groups (broad SMARTS) is 1. The molecule has 8 nitrogen and oxygen atoms in total. The van der Waals surface area contributed by atoms with Crippen molar-refractivity contribution in [2.75, 3.05) is 33.4 Å². The highest BCUT2D eigenvalue weighted by Gasteiger charge is 2.46. The molecule has 0 aromatic heterocycles. The Balaban J connectivity index is 1.26. The molecule has 0 spiro atoms. The lowest BCUT2D eigenvalue weighted by Crippen LogP contribution is -2.44. The van der Waals surface area contributed by atoms with Crippen LogP contribution in [0.1, 0.15) is 29.9 Å². The number of carbonyl (C=O) groups is 3. The SMILES string of the molecule is COC1(C(=O)O)CCN(C(=O)CCNC(=O)OCC2c3ccccc3-c3ccccc32)C1. The molecular weight excluding hydrogens is 412 g/mol. The van der Waals surface area contributed by atoms with Crippen molar-refractivity contribution in [2.24, 2.45) is 0 Å². The highest BCUT2D eigenvalue weighted by Crippen LogP contribution is 2.44. The third kappa shape index (κ3) is 4.05. The molecule has 0 radical (unpaired) electrons. The fourth-order valence-electron chi connectivity index (χ4n) is 4.50. The average Bonchev–Trinajstić information content (AvgIpc) is 3.39. The lowest BCUT2D eigenvalue weighted by atomic mass is 9.98. The number of nitrogens with one attached hydrogen (secondary N) is 1. The fraction of sp³-hybridized carbons (Fsp3) is 0.375. The van der Waals surface area contributed by atoms with E-state index < -0.39 is 17.7 Å². The van der Waals surface area contributed by atoms with Crippen molar-refractivity contribution in [3.05, 3.63) is 59.7 Å². The minimum atomic E-state index is -1.35. The van der Waals surface area contributed by atoms with E-state index in [4.69, 9.17) is 9.47 Å². The van der Waals surface area contributed by atoms with Crippen molar-refractivity contribution in [1.82, 2.24) is 10.2 Å². The summed E-state index contributed by atoms with van der Waals surface area (Å²) in [6, 6.07) is 16.2. The highest BCUT2D eigenvalue weighted by atomic mass is 16.5. The second-order valence-electron chi connectivity index (χ2n) is 8.07. The van der Waals surface area contributed by atoms with Crippen LogP contribution in [0.25, 0.3) is 11.1 Å². The maximum atomic E-state index is 12.4. The van der Waals surface area contributed by atoms with Gasteiger partial charge in [-0.25, -0.2) is 9.59 Å². The maximum absolute atomic E-state index is 12.4. The zero-order valence-corrected chi connectivity index (χ0v) is 17.9. The fourth-order valence-corrected chi connectivity index (χ4v) is 4.50. The average molecular weight is 438 g/mol. The summed E-state index contributed by atoms with van der Waals surface area (Å²) >= 11 is 0. The lowest BCUT2D eigenvalue weighted by Gasteiger charge is -2.23. The quantitative estimate of drug-likeness (QED) is 0.689. The number of carboxylic acids is 1.